The Morgan fingerprint density at radius 3 is 2.45 bits per heavy atom. The van der Waals surface area contributed by atoms with Crippen LogP contribution in [0.15, 0.2) is 59.5 Å². The Labute approximate surface area is 238 Å². The van der Waals surface area contributed by atoms with Crippen LogP contribution in [0, 0.1) is 11.7 Å². The number of carbonyl (C=O) groups excluding carboxylic acids is 1. The molecule has 214 valence electrons. The average Bonchev–Trinajstić information content (AvgIpc) is 3.77. The van der Waals surface area contributed by atoms with E-state index in [1.807, 2.05) is 6.92 Å². The highest BCUT2D eigenvalue weighted by molar-refractivity contribution is 7.90. The summed E-state index contributed by atoms with van der Waals surface area (Å²) < 4.78 is 56.1. The first kappa shape index (κ1) is 30.2. The molecule has 1 aliphatic carbocycles. The summed E-state index contributed by atoms with van der Waals surface area (Å²) in [6.07, 6.45) is 5.17. The number of benzene rings is 2. The molecule has 1 N–H and O–H groups in total. The topological polar surface area (TPSA) is 108 Å². The Hall–Kier alpha value is -2.79. The summed E-state index contributed by atoms with van der Waals surface area (Å²) in [7, 11) is -1.75. The molecule has 0 bridgehead atoms. The molecule has 0 spiro atoms. The van der Waals surface area contributed by atoms with Gasteiger partial charge < -0.3 is 9.12 Å². The SMILES string of the molecule is CCCC[S+]([O-])N[C@H](c1cc(=O)n(C)cc1-c1cc(CS(=O)(=O)CC)ccc1C(=O)c1ccc(F)cc1)C1CC1. The van der Waals surface area contributed by atoms with Crippen LogP contribution in [0.4, 0.5) is 4.39 Å². The van der Waals surface area contributed by atoms with Crippen LogP contribution in [0.5, 0.6) is 0 Å². The highest BCUT2D eigenvalue weighted by Gasteiger charge is 2.37. The lowest BCUT2D eigenvalue weighted by atomic mass is 9.88. The molecule has 0 radical (unpaired) electrons. The Bertz CT molecular complexity index is 1530. The van der Waals surface area contributed by atoms with Gasteiger partial charge >= 0.3 is 0 Å². The number of ketones is 1. The Balaban J connectivity index is 1.90. The van der Waals surface area contributed by atoms with Crippen LogP contribution in [-0.2, 0) is 34.0 Å². The van der Waals surface area contributed by atoms with Crippen LogP contribution in [0.3, 0.4) is 0 Å². The molecular formula is C30H35FN2O5S2. The standard InChI is InChI=1S/C30H35FN2O5S2/c1-4-6-15-39(36)32-29(21-8-9-21)26-17-28(34)33(3)18-27(26)25-16-20(19-40(37,38)5-2)7-14-24(25)30(35)22-10-12-23(31)13-11-22/h7,10-14,16-18,21,29,32H,4-6,8-9,15,19H2,1-3H3/t29-,39?/m0/s1. The fourth-order valence-corrected chi connectivity index (χ4v) is 6.82. The lowest BCUT2D eigenvalue weighted by molar-refractivity contribution is 0.103. The van der Waals surface area contributed by atoms with Crippen molar-refractivity contribution in [3.05, 3.63) is 93.2 Å². The number of hydrogen-bond acceptors (Lipinski definition) is 6. The molecule has 40 heavy (non-hydrogen) atoms. The van der Waals surface area contributed by atoms with Crippen molar-refractivity contribution in [1.82, 2.24) is 9.29 Å². The highest BCUT2D eigenvalue weighted by Crippen LogP contribution is 2.44. The molecule has 3 aromatic rings. The van der Waals surface area contributed by atoms with E-state index in [1.54, 1.807) is 38.4 Å². The van der Waals surface area contributed by atoms with E-state index < -0.39 is 27.0 Å². The van der Waals surface area contributed by atoms with Gasteiger partial charge in [0.2, 0.25) is 0 Å². The molecule has 0 saturated heterocycles. The van der Waals surface area contributed by atoms with Crippen molar-refractivity contribution < 1.29 is 22.2 Å². The van der Waals surface area contributed by atoms with Crippen LogP contribution >= 0.6 is 0 Å². The number of aryl methyl sites for hydroxylation is 1. The second kappa shape index (κ2) is 12.8. The third-order valence-corrected chi connectivity index (χ3v) is 10.0. The van der Waals surface area contributed by atoms with Gasteiger partial charge in [0.15, 0.2) is 15.6 Å². The zero-order valence-electron chi connectivity index (χ0n) is 23.0. The Kier molecular flexibility index (Phi) is 9.66. The van der Waals surface area contributed by atoms with Gasteiger partial charge in [0.1, 0.15) is 11.6 Å². The summed E-state index contributed by atoms with van der Waals surface area (Å²) in [6.45, 7) is 3.61. The fraction of sp³-hybridized carbons (Fsp3) is 0.400. The third-order valence-electron chi connectivity index (χ3n) is 7.18. The Morgan fingerprint density at radius 1 is 1.12 bits per heavy atom. The van der Waals surface area contributed by atoms with Gasteiger partial charge in [0.25, 0.3) is 5.56 Å². The molecule has 7 nitrogen and oxygen atoms in total. The zero-order valence-corrected chi connectivity index (χ0v) is 24.6. The second-order valence-electron chi connectivity index (χ2n) is 10.3. The number of nitrogens with one attached hydrogen (secondary N) is 1. The number of pyridine rings is 1. The van der Waals surface area contributed by atoms with E-state index in [0.717, 1.165) is 25.7 Å². The molecule has 4 rings (SSSR count). The van der Waals surface area contributed by atoms with Gasteiger partial charge in [-0.05, 0) is 72.2 Å². The molecule has 2 aromatic carbocycles. The minimum absolute atomic E-state index is 0.0269. The van der Waals surface area contributed by atoms with E-state index >= 15 is 0 Å². The minimum atomic E-state index is -3.37. The van der Waals surface area contributed by atoms with Gasteiger partial charge in [0.05, 0.1) is 11.8 Å². The summed E-state index contributed by atoms with van der Waals surface area (Å²) in [5, 5.41) is 0. The molecule has 1 saturated carbocycles. The number of sulfone groups is 1. The molecule has 2 atom stereocenters. The number of hydrogen-bond donors (Lipinski definition) is 1. The van der Waals surface area contributed by atoms with Crippen molar-refractivity contribution in [2.45, 2.75) is 51.3 Å². The maximum absolute atomic E-state index is 13.7. The molecule has 1 fully saturated rings. The zero-order chi connectivity index (χ0) is 29.0. The quantitative estimate of drug-likeness (QED) is 0.226. The predicted molar refractivity (Wildman–Crippen MR) is 157 cm³/mol. The third kappa shape index (κ3) is 7.28. The van der Waals surface area contributed by atoms with E-state index in [0.29, 0.717) is 33.6 Å². The molecule has 10 heteroatoms. The summed E-state index contributed by atoms with van der Waals surface area (Å²) in [4.78, 5) is 26.6. The van der Waals surface area contributed by atoms with Crippen LogP contribution in [0.25, 0.3) is 11.1 Å². The van der Waals surface area contributed by atoms with Gasteiger partial charge in [0, 0.05) is 53.1 Å². The monoisotopic (exact) mass is 586 g/mol. The second-order valence-corrected chi connectivity index (χ2v) is 14.0. The lowest BCUT2D eigenvalue weighted by Gasteiger charge is -2.24. The van der Waals surface area contributed by atoms with Crippen LogP contribution in [0.2, 0.25) is 0 Å². The number of aromatic nitrogens is 1. The van der Waals surface area contributed by atoms with Crippen LogP contribution in [-0.4, -0.2) is 34.8 Å². The first-order chi connectivity index (χ1) is 19.0. The summed E-state index contributed by atoms with van der Waals surface area (Å²) in [6, 6.07) is 11.3. The summed E-state index contributed by atoms with van der Waals surface area (Å²) >= 11 is -1.31. The van der Waals surface area contributed by atoms with Crippen molar-refractivity contribution in [3.63, 3.8) is 0 Å². The smallest absolute Gasteiger partial charge is 0.250 e. The lowest BCUT2D eigenvalue weighted by Crippen LogP contribution is -2.33. The largest absolute Gasteiger partial charge is 0.598 e. The number of nitrogens with zero attached hydrogens (tertiary/aromatic N) is 1. The van der Waals surface area contributed by atoms with Crippen molar-refractivity contribution in [2.24, 2.45) is 13.0 Å². The van der Waals surface area contributed by atoms with Gasteiger partial charge in [-0.25, -0.2) is 12.8 Å². The molecule has 0 amide bonds. The van der Waals surface area contributed by atoms with Crippen molar-refractivity contribution >= 4 is 27.0 Å². The van der Waals surface area contributed by atoms with Crippen LogP contribution < -0.4 is 10.3 Å². The minimum Gasteiger partial charge on any atom is -0.598 e. The van der Waals surface area contributed by atoms with E-state index in [2.05, 4.69) is 4.72 Å². The van der Waals surface area contributed by atoms with E-state index in [1.165, 1.54) is 34.9 Å². The van der Waals surface area contributed by atoms with Crippen molar-refractivity contribution in [1.29, 1.82) is 0 Å². The summed E-state index contributed by atoms with van der Waals surface area (Å²) in [5.74, 6) is -0.391. The first-order valence-corrected chi connectivity index (χ1v) is 16.7. The number of rotatable bonds is 13. The number of halogens is 1. The van der Waals surface area contributed by atoms with E-state index in [4.69, 9.17) is 0 Å². The molecule has 0 aliphatic heterocycles. The van der Waals surface area contributed by atoms with Gasteiger partial charge in [-0.2, -0.15) is 0 Å². The fourth-order valence-electron chi connectivity index (χ4n) is 4.66. The van der Waals surface area contributed by atoms with Gasteiger partial charge in [-0.1, -0.05) is 32.4 Å². The molecule has 1 aliphatic rings. The predicted octanol–water partition coefficient (Wildman–Crippen LogP) is 4.86. The molecule has 1 unspecified atom stereocenters. The normalized spacial score (nSPS) is 15.1. The Morgan fingerprint density at radius 2 is 1.82 bits per heavy atom. The number of unbranched alkanes of at least 4 members (excludes halogenated alkanes) is 1. The van der Waals surface area contributed by atoms with Crippen LogP contribution in [0.1, 0.15) is 72.6 Å². The van der Waals surface area contributed by atoms with Gasteiger partial charge in [-0.3, -0.25) is 9.59 Å². The molecular weight excluding hydrogens is 551 g/mol. The van der Waals surface area contributed by atoms with Crippen molar-refractivity contribution in [3.8, 4) is 11.1 Å². The van der Waals surface area contributed by atoms with E-state index in [-0.39, 0.29) is 40.4 Å². The maximum Gasteiger partial charge on any atom is 0.250 e. The summed E-state index contributed by atoms with van der Waals surface area (Å²) in [5.41, 5.74) is 2.51. The first-order valence-electron chi connectivity index (χ1n) is 13.5. The highest BCUT2D eigenvalue weighted by atomic mass is 32.2. The molecule has 1 aromatic heterocycles. The van der Waals surface area contributed by atoms with Gasteiger partial charge in [-0.15, -0.1) is 4.72 Å². The van der Waals surface area contributed by atoms with Crippen molar-refractivity contribution in [2.75, 3.05) is 11.5 Å². The molecule has 1 heterocycles. The van der Waals surface area contributed by atoms with E-state index in [9.17, 15) is 27.0 Å². The number of carbonyl (C=O) groups is 1. The average molecular weight is 587 g/mol. The maximum atomic E-state index is 13.7.